The number of amides is 1. The number of ether oxygens (including phenoxy) is 1. The summed E-state index contributed by atoms with van der Waals surface area (Å²) in [7, 11) is 0. The second kappa shape index (κ2) is 7.99. The Morgan fingerprint density at radius 1 is 1.36 bits per heavy atom. The first kappa shape index (κ1) is 19.1. The number of pyridine rings is 1. The average molecular weight is 384 g/mol. The predicted molar refractivity (Wildman–Crippen MR) is 103 cm³/mol. The third-order valence-electron chi connectivity index (χ3n) is 5.91. The molecule has 2 aromatic rings. The highest BCUT2D eigenvalue weighted by Gasteiger charge is 2.41. The number of rotatable bonds is 4. The first-order chi connectivity index (χ1) is 13.5. The van der Waals surface area contributed by atoms with Gasteiger partial charge in [0.1, 0.15) is 0 Å². The molecule has 2 aliphatic rings. The van der Waals surface area contributed by atoms with Crippen LogP contribution in [0.5, 0.6) is 0 Å². The molecule has 0 N–H and O–H groups in total. The lowest BCUT2D eigenvalue weighted by Crippen LogP contribution is -2.51. The van der Waals surface area contributed by atoms with E-state index in [2.05, 4.69) is 29.0 Å². The molecular formula is C21H28N4O3. The zero-order chi connectivity index (χ0) is 19.6. The van der Waals surface area contributed by atoms with Crippen molar-refractivity contribution < 1.29 is 14.1 Å². The number of nitrogens with zero attached hydrogens (tertiary/aromatic N) is 4. The fourth-order valence-corrected chi connectivity index (χ4v) is 4.28. The van der Waals surface area contributed by atoms with Crippen LogP contribution in [0, 0.1) is 5.92 Å². The van der Waals surface area contributed by atoms with Gasteiger partial charge in [0.15, 0.2) is 5.82 Å². The van der Waals surface area contributed by atoms with Crippen LogP contribution in [0.4, 0.5) is 0 Å². The van der Waals surface area contributed by atoms with Gasteiger partial charge >= 0.3 is 0 Å². The summed E-state index contributed by atoms with van der Waals surface area (Å²) in [6, 6.07) is 3.62. The molecule has 4 rings (SSSR count). The number of hydrogen-bond acceptors (Lipinski definition) is 6. The summed E-state index contributed by atoms with van der Waals surface area (Å²) in [6.45, 7) is 6.32. The molecule has 1 amide bonds. The van der Waals surface area contributed by atoms with Gasteiger partial charge in [-0.3, -0.25) is 9.78 Å². The first-order valence-electron chi connectivity index (χ1n) is 10.2. The van der Waals surface area contributed by atoms with E-state index in [0.29, 0.717) is 17.4 Å². The lowest BCUT2D eigenvalue weighted by Gasteiger charge is -2.46. The minimum Gasteiger partial charge on any atom is -0.375 e. The second-order valence-corrected chi connectivity index (χ2v) is 8.33. The molecule has 2 aliphatic heterocycles. The number of carbonyl (C=O) groups is 1. The van der Waals surface area contributed by atoms with E-state index in [1.807, 2.05) is 11.0 Å². The number of carbonyl (C=O) groups excluding carboxylic acids is 1. The van der Waals surface area contributed by atoms with Gasteiger partial charge in [-0.25, -0.2) is 0 Å². The summed E-state index contributed by atoms with van der Waals surface area (Å²) in [5, 5.41) is 4.15. The summed E-state index contributed by atoms with van der Waals surface area (Å²) in [5.74, 6) is 2.31. The minimum atomic E-state index is -0.126. The molecule has 1 unspecified atom stereocenters. The minimum absolute atomic E-state index is 0.0586. The summed E-state index contributed by atoms with van der Waals surface area (Å²) >= 11 is 0. The monoisotopic (exact) mass is 384 g/mol. The Morgan fingerprint density at radius 3 is 2.86 bits per heavy atom. The lowest BCUT2D eigenvalue weighted by molar-refractivity contribution is -0.123. The Morgan fingerprint density at radius 2 is 2.18 bits per heavy atom. The van der Waals surface area contributed by atoms with Crippen molar-refractivity contribution >= 4 is 5.91 Å². The van der Waals surface area contributed by atoms with Crippen molar-refractivity contribution in [1.82, 2.24) is 20.0 Å². The van der Waals surface area contributed by atoms with Crippen molar-refractivity contribution in [1.29, 1.82) is 0 Å². The standard InChI is InChI=1S/C21H28N4O3/c1-15(2)19-23-18(24-28-19)12-16-5-11-27-21(13-16)6-9-25(10-7-21)20(26)17-4-3-8-22-14-17/h3-4,8,14-16H,5-7,9-13H2,1-2H3. The summed E-state index contributed by atoms with van der Waals surface area (Å²) in [4.78, 5) is 23.2. The molecule has 0 bridgehead atoms. The molecule has 0 aromatic carbocycles. The molecule has 1 atom stereocenters. The molecule has 7 nitrogen and oxygen atoms in total. The van der Waals surface area contributed by atoms with Crippen LogP contribution in [0.2, 0.25) is 0 Å². The zero-order valence-corrected chi connectivity index (χ0v) is 16.6. The smallest absolute Gasteiger partial charge is 0.255 e. The third kappa shape index (κ3) is 4.09. The van der Waals surface area contributed by atoms with Gasteiger partial charge in [0.2, 0.25) is 5.89 Å². The van der Waals surface area contributed by atoms with Gasteiger partial charge < -0.3 is 14.2 Å². The van der Waals surface area contributed by atoms with Crippen LogP contribution in [0.1, 0.15) is 67.5 Å². The van der Waals surface area contributed by atoms with Crippen molar-refractivity contribution in [3.8, 4) is 0 Å². The van der Waals surface area contributed by atoms with Gasteiger partial charge in [0.25, 0.3) is 5.91 Å². The second-order valence-electron chi connectivity index (χ2n) is 8.33. The van der Waals surface area contributed by atoms with Crippen molar-refractivity contribution in [2.45, 2.75) is 57.5 Å². The summed E-state index contributed by atoms with van der Waals surface area (Å²) in [6.07, 6.45) is 7.92. The molecule has 0 saturated carbocycles. The predicted octanol–water partition coefficient (Wildman–Crippen LogP) is 3.23. The van der Waals surface area contributed by atoms with Crippen LogP contribution in [0.25, 0.3) is 0 Å². The molecule has 2 saturated heterocycles. The van der Waals surface area contributed by atoms with E-state index >= 15 is 0 Å². The largest absolute Gasteiger partial charge is 0.375 e. The quantitative estimate of drug-likeness (QED) is 0.805. The molecule has 0 aliphatic carbocycles. The van der Waals surface area contributed by atoms with Crippen molar-refractivity contribution in [3.05, 3.63) is 41.8 Å². The van der Waals surface area contributed by atoms with Crippen molar-refractivity contribution in [2.75, 3.05) is 19.7 Å². The normalized spacial score (nSPS) is 22.0. The fraction of sp³-hybridized carbons (Fsp3) is 0.619. The maximum absolute atomic E-state index is 12.7. The van der Waals surface area contributed by atoms with Gasteiger partial charge in [-0.2, -0.15) is 4.98 Å². The van der Waals surface area contributed by atoms with E-state index < -0.39 is 0 Å². The maximum atomic E-state index is 12.7. The van der Waals surface area contributed by atoms with Crippen LogP contribution in [0.15, 0.2) is 29.0 Å². The summed E-state index contributed by atoms with van der Waals surface area (Å²) < 4.78 is 11.6. The molecule has 28 heavy (non-hydrogen) atoms. The summed E-state index contributed by atoms with van der Waals surface area (Å²) in [5.41, 5.74) is 0.526. The van der Waals surface area contributed by atoms with Crippen LogP contribution >= 0.6 is 0 Å². The van der Waals surface area contributed by atoms with Crippen LogP contribution in [0.3, 0.4) is 0 Å². The highest BCUT2D eigenvalue weighted by molar-refractivity contribution is 5.93. The SMILES string of the molecule is CC(C)c1nc(CC2CCOC3(CCN(C(=O)c4cccnc4)CC3)C2)no1. The maximum Gasteiger partial charge on any atom is 0.255 e. The van der Waals surface area contributed by atoms with E-state index in [1.165, 1.54) is 0 Å². The Bertz CT molecular complexity index is 797. The Labute approximate surface area is 165 Å². The topological polar surface area (TPSA) is 81.4 Å². The first-order valence-corrected chi connectivity index (χ1v) is 10.2. The van der Waals surface area contributed by atoms with Crippen LogP contribution in [-0.4, -0.2) is 51.2 Å². The number of likely N-dealkylation sites (tertiary alicyclic amines) is 1. The Kier molecular flexibility index (Phi) is 5.44. The number of piperidine rings is 1. The molecule has 2 aromatic heterocycles. The molecule has 1 spiro atoms. The average Bonchev–Trinajstić information content (AvgIpc) is 3.18. The Hall–Kier alpha value is -2.28. The zero-order valence-electron chi connectivity index (χ0n) is 16.6. The van der Waals surface area contributed by atoms with E-state index in [0.717, 1.165) is 57.6 Å². The van der Waals surface area contributed by atoms with E-state index in [4.69, 9.17) is 9.26 Å². The van der Waals surface area contributed by atoms with E-state index in [1.54, 1.807) is 18.5 Å². The molecule has 150 valence electrons. The van der Waals surface area contributed by atoms with Gasteiger partial charge in [-0.1, -0.05) is 19.0 Å². The molecular weight excluding hydrogens is 356 g/mol. The van der Waals surface area contributed by atoms with Crippen LogP contribution in [-0.2, 0) is 11.2 Å². The van der Waals surface area contributed by atoms with Gasteiger partial charge in [-0.15, -0.1) is 0 Å². The van der Waals surface area contributed by atoms with Gasteiger partial charge in [0.05, 0.1) is 11.2 Å². The fourth-order valence-electron chi connectivity index (χ4n) is 4.28. The van der Waals surface area contributed by atoms with Crippen molar-refractivity contribution in [2.24, 2.45) is 5.92 Å². The molecule has 0 radical (unpaired) electrons. The Balaban J connectivity index is 1.35. The third-order valence-corrected chi connectivity index (χ3v) is 5.91. The molecule has 7 heteroatoms. The highest BCUT2D eigenvalue weighted by atomic mass is 16.5. The van der Waals surface area contributed by atoms with Gasteiger partial charge in [0, 0.05) is 44.4 Å². The molecule has 2 fully saturated rings. The van der Waals surface area contributed by atoms with Crippen molar-refractivity contribution in [3.63, 3.8) is 0 Å². The van der Waals surface area contributed by atoms with Crippen LogP contribution < -0.4 is 0 Å². The van der Waals surface area contributed by atoms with E-state index in [9.17, 15) is 4.79 Å². The lowest BCUT2D eigenvalue weighted by atomic mass is 9.78. The van der Waals surface area contributed by atoms with Gasteiger partial charge in [-0.05, 0) is 43.7 Å². The van der Waals surface area contributed by atoms with E-state index in [-0.39, 0.29) is 17.4 Å². The number of hydrogen-bond donors (Lipinski definition) is 0. The number of aromatic nitrogens is 3. The molecule has 4 heterocycles. The highest BCUT2D eigenvalue weighted by Crippen LogP contribution is 2.38.